The van der Waals surface area contributed by atoms with Gasteiger partial charge in [0.15, 0.2) is 0 Å². The highest BCUT2D eigenvalue weighted by atomic mass is 32.2. The van der Waals surface area contributed by atoms with Gasteiger partial charge in [-0.25, -0.2) is 0 Å². The van der Waals surface area contributed by atoms with E-state index in [1.165, 1.54) is 24.1 Å². The van der Waals surface area contributed by atoms with Crippen molar-refractivity contribution >= 4 is 21.9 Å². The van der Waals surface area contributed by atoms with Crippen molar-refractivity contribution in [1.82, 2.24) is 19.8 Å². The number of aromatic nitrogens is 2. The average Bonchev–Trinajstić information content (AvgIpc) is 2.98. The highest BCUT2D eigenvalue weighted by Gasteiger charge is 2.32. The zero-order valence-corrected chi connectivity index (χ0v) is 24.6. The number of aliphatic carboxylic acids is 1. The number of phenols is 2. The lowest BCUT2D eigenvalue weighted by Gasteiger charge is -2.36. The summed E-state index contributed by atoms with van der Waals surface area (Å²) in [5, 5.41) is 31.6. The van der Waals surface area contributed by atoms with Crippen LogP contribution < -0.4 is 0 Å². The minimum absolute atomic E-state index is 0.000160. The first-order valence-corrected chi connectivity index (χ1v) is 15.0. The van der Waals surface area contributed by atoms with Gasteiger partial charge in [-0.1, -0.05) is 30.3 Å². The lowest BCUT2D eigenvalue weighted by molar-refractivity contribution is -0.139. The fourth-order valence-electron chi connectivity index (χ4n) is 5.11. The van der Waals surface area contributed by atoms with Gasteiger partial charge in [-0.15, -0.1) is 0 Å². The van der Waals surface area contributed by atoms with Gasteiger partial charge < -0.3 is 15.3 Å². The number of Topliss-reactive ketones (excluding diaryl/α,β-unsaturated/α-hetero) is 1. The van der Waals surface area contributed by atoms with Gasteiger partial charge in [-0.05, 0) is 55.5 Å². The number of ketones is 1. The number of pyridine rings is 2. The summed E-state index contributed by atoms with van der Waals surface area (Å²) in [5.41, 5.74) is 1.33. The first kappa shape index (κ1) is 32.2. The van der Waals surface area contributed by atoms with E-state index < -0.39 is 39.6 Å². The predicted octanol–water partition coefficient (Wildman–Crippen LogP) is 3.29. The second-order valence-electron chi connectivity index (χ2n) is 10.1. The standard InChI is InChI=1S/C31H32N4O8S/c1-21(36)19-34(30(25-9-4-6-14-32-25)23-8-2-3-11-27(23)37)16-17-35(20-29(39)40)31(26-10-5-7-15-33-26)24-18-22(44(41,42)43)12-13-28(24)38/h2-15,18,30-31,37-38H,16-17,19-20H2,1H3,(H,39,40)(H,41,42,43)/t30-,31?/m0/s1. The van der Waals surface area contributed by atoms with Crippen molar-refractivity contribution < 1.29 is 37.9 Å². The van der Waals surface area contributed by atoms with Crippen molar-refractivity contribution in [3.63, 3.8) is 0 Å². The van der Waals surface area contributed by atoms with Gasteiger partial charge in [0.25, 0.3) is 10.1 Å². The van der Waals surface area contributed by atoms with Gasteiger partial charge >= 0.3 is 5.97 Å². The molecule has 0 amide bonds. The number of hydrogen-bond acceptors (Lipinski definition) is 10. The first-order valence-electron chi connectivity index (χ1n) is 13.5. The van der Waals surface area contributed by atoms with Crippen LogP contribution in [-0.2, 0) is 19.7 Å². The molecule has 0 aliphatic heterocycles. The van der Waals surface area contributed by atoms with Crippen molar-refractivity contribution in [3.05, 3.63) is 114 Å². The summed E-state index contributed by atoms with van der Waals surface area (Å²) in [6, 6.07) is 18.3. The Labute approximate surface area is 254 Å². The Hall–Kier alpha value is -4.69. The molecule has 230 valence electrons. The highest BCUT2D eigenvalue weighted by molar-refractivity contribution is 7.85. The Morgan fingerprint density at radius 3 is 1.77 bits per heavy atom. The van der Waals surface area contributed by atoms with Crippen LogP contribution in [0.3, 0.4) is 0 Å². The molecule has 0 aliphatic carbocycles. The Kier molecular flexibility index (Phi) is 10.4. The number of nitrogens with zero attached hydrogens (tertiary/aromatic N) is 4. The van der Waals surface area contributed by atoms with Crippen molar-refractivity contribution in [2.75, 3.05) is 26.2 Å². The van der Waals surface area contributed by atoms with E-state index in [1.807, 2.05) is 0 Å². The maximum Gasteiger partial charge on any atom is 0.317 e. The number of aromatic hydroxyl groups is 2. The molecule has 0 saturated heterocycles. The van der Waals surface area contributed by atoms with Gasteiger partial charge in [0.1, 0.15) is 17.3 Å². The van der Waals surface area contributed by atoms with E-state index in [1.54, 1.807) is 65.7 Å². The number of carbonyl (C=O) groups excluding carboxylic acids is 1. The van der Waals surface area contributed by atoms with Crippen LogP contribution in [0.15, 0.2) is 96.2 Å². The summed E-state index contributed by atoms with van der Waals surface area (Å²) in [5.74, 6) is -1.76. The molecule has 2 atom stereocenters. The molecule has 2 aromatic carbocycles. The second-order valence-corrected chi connectivity index (χ2v) is 11.5. The topological polar surface area (TPSA) is 181 Å². The van der Waals surface area contributed by atoms with Crippen LogP contribution in [0.2, 0.25) is 0 Å². The number of hydrogen-bond donors (Lipinski definition) is 4. The van der Waals surface area contributed by atoms with Crippen LogP contribution in [0.4, 0.5) is 0 Å². The lowest BCUT2D eigenvalue weighted by Crippen LogP contribution is -2.43. The molecule has 12 nitrogen and oxygen atoms in total. The summed E-state index contributed by atoms with van der Waals surface area (Å²) in [4.78, 5) is 36.3. The first-order chi connectivity index (χ1) is 21.0. The van der Waals surface area contributed by atoms with E-state index in [2.05, 4.69) is 9.97 Å². The Morgan fingerprint density at radius 2 is 1.27 bits per heavy atom. The van der Waals surface area contributed by atoms with E-state index in [4.69, 9.17) is 0 Å². The number of rotatable bonds is 14. The number of carboxylic acids is 1. The van der Waals surface area contributed by atoms with Crippen LogP contribution in [-0.4, -0.2) is 86.0 Å². The molecule has 13 heteroatoms. The summed E-state index contributed by atoms with van der Waals surface area (Å²) in [7, 11) is -4.67. The van der Waals surface area contributed by atoms with Gasteiger partial charge in [0.05, 0.1) is 41.5 Å². The Bertz CT molecular complexity index is 1700. The maximum absolute atomic E-state index is 12.5. The third-order valence-corrected chi connectivity index (χ3v) is 7.78. The number of carbonyl (C=O) groups is 2. The quantitative estimate of drug-likeness (QED) is 0.151. The molecular weight excluding hydrogens is 588 g/mol. The molecule has 0 radical (unpaired) electrons. The summed E-state index contributed by atoms with van der Waals surface area (Å²) in [6.45, 7) is 0.833. The number of para-hydroxylation sites is 1. The van der Waals surface area contributed by atoms with Crippen LogP contribution in [0, 0.1) is 0 Å². The average molecular weight is 621 g/mol. The molecule has 0 aliphatic rings. The Morgan fingerprint density at radius 1 is 0.750 bits per heavy atom. The molecular formula is C31H32N4O8S. The van der Waals surface area contributed by atoms with Gasteiger partial charge in [-0.3, -0.25) is 33.9 Å². The predicted molar refractivity (Wildman–Crippen MR) is 160 cm³/mol. The van der Waals surface area contributed by atoms with E-state index in [9.17, 15) is 37.9 Å². The number of benzene rings is 2. The van der Waals surface area contributed by atoms with Crippen molar-refractivity contribution in [2.45, 2.75) is 23.9 Å². The summed E-state index contributed by atoms with van der Waals surface area (Å²) >= 11 is 0. The monoisotopic (exact) mass is 620 g/mol. The van der Waals surface area contributed by atoms with E-state index in [0.717, 1.165) is 18.2 Å². The highest BCUT2D eigenvalue weighted by Crippen LogP contribution is 2.36. The van der Waals surface area contributed by atoms with Crippen LogP contribution >= 0.6 is 0 Å². The van der Waals surface area contributed by atoms with Crippen molar-refractivity contribution in [3.8, 4) is 11.5 Å². The number of phenolic OH excluding ortho intramolecular Hbond substituents is 2. The minimum Gasteiger partial charge on any atom is -0.508 e. The van der Waals surface area contributed by atoms with Crippen LogP contribution in [0.5, 0.6) is 11.5 Å². The van der Waals surface area contributed by atoms with E-state index >= 15 is 0 Å². The molecule has 4 N–H and O–H groups in total. The third kappa shape index (κ3) is 8.02. The molecule has 2 aromatic heterocycles. The fraction of sp³-hybridized carbons (Fsp3) is 0.226. The van der Waals surface area contributed by atoms with Gasteiger partial charge in [0.2, 0.25) is 0 Å². The van der Waals surface area contributed by atoms with E-state index in [0.29, 0.717) is 17.0 Å². The smallest absolute Gasteiger partial charge is 0.317 e. The van der Waals surface area contributed by atoms with E-state index in [-0.39, 0.29) is 42.5 Å². The van der Waals surface area contributed by atoms with Crippen LogP contribution in [0.1, 0.15) is 41.5 Å². The number of carboxylic acid groups (broad SMARTS) is 1. The third-order valence-electron chi connectivity index (χ3n) is 6.93. The SMILES string of the molecule is CC(=O)CN(CCN(CC(=O)O)C(c1ccccn1)c1cc(S(=O)(=O)O)ccc1O)[C@H](c1ccccn1)c1ccccc1O. The lowest BCUT2D eigenvalue weighted by atomic mass is 9.98. The fourth-order valence-corrected chi connectivity index (χ4v) is 5.62. The summed E-state index contributed by atoms with van der Waals surface area (Å²) < 4.78 is 33.7. The normalized spacial score (nSPS) is 13.1. The zero-order chi connectivity index (χ0) is 31.9. The molecule has 4 aromatic rings. The van der Waals surface area contributed by atoms with Gasteiger partial charge in [-0.2, -0.15) is 8.42 Å². The second kappa shape index (κ2) is 14.2. The summed E-state index contributed by atoms with van der Waals surface area (Å²) in [6.07, 6.45) is 3.06. The molecule has 0 fully saturated rings. The molecule has 0 saturated carbocycles. The molecule has 44 heavy (non-hydrogen) atoms. The maximum atomic E-state index is 12.5. The molecule has 2 heterocycles. The molecule has 0 spiro atoms. The van der Waals surface area contributed by atoms with Crippen molar-refractivity contribution in [2.24, 2.45) is 0 Å². The van der Waals surface area contributed by atoms with Crippen LogP contribution in [0.25, 0.3) is 0 Å². The largest absolute Gasteiger partial charge is 0.508 e. The van der Waals surface area contributed by atoms with Crippen molar-refractivity contribution in [1.29, 1.82) is 0 Å². The Balaban J connectivity index is 1.82. The molecule has 0 bridgehead atoms. The van der Waals surface area contributed by atoms with Gasteiger partial charge in [0, 0.05) is 36.6 Å². The minimum atomic E-state index is -4.67. The zero-order valence-electron chi connectivity index (χ0n) is 23.8. The molecule has 1 unspecified atom stereocenters. The molecule has 4 rings (SSSR count).